The van der Waals surface area contributed by atoms with Crippen molar-refractivity contribution in [2.75, 3.05) is 6.54 Å². The number of nitrogens with two attached hydrogens (primary N) is 1. The Labute approximate surface area is 114 Å². The first kappa shape index (κ1) is 15.5. The van der Waals surface area contributed by atoms with Gasteiger partial charge in [-0.15, -0.1) is 0 Å². The first-order valence-electron chi connectivity index (χ1n) is 6.01. The van der Waals surface area contributed by atoms with Crippen molar-refractivity contribution in [3.8, 4) is 0 Å². The van der Waals surface area contributed by atoms with Crippen LogP contribution in [-0.2, 0) is 16.0 Å². The second-order valence-electron chi connectivity index (χ2n) is 4.14. The lowest BCUT2D eigenvalue weighted by Gasteiger charge is -2.14. The molecule has 9 heteroatoms. The van der Waals surface area contributed by atoms with Gasteiger partial charge in [0.2, 0.25) is 5.91 Å². The molecule has 6 N–H and O–H groups in total. The van der Waals surface area contributed by atoms with Crippen LogP contribution in [0.3, 0.4) is 0 Å². The van der Waals surface area contributed by atoms with E-state index in [2.05, 4.69) is 20.6 Å². The van der Waals surface area contributed by atoms with Crippen LogP contribution in [-0.4, -0.2) is 45.6 Å². The third-order valence-electron chi connectivity index (χ3n) is 2.47. The molecule has 0 aliphatic rings. The molecule has 0 fully saturated rings. The average Bonchev–Trinajstić information content (AvgIpc) is 2.86. The molecule has 3 amide bonds. The van der Waals surface area contributed by atoms with Gasteiger partial charge in [0.1, 0.15) is 6.04 Å². The van der Waals surface area contributed by atoms with Crippen molar-refractivity contribution in [3.63, 3.8) is 0 Å². The fourth-order valence-electron chi connectivity index (χ4n) is 1.49. The van der Waals surface area contributed by atoms with E-state index >= 15 is 0 Å². The molecule has 9 nitrogen and oxygen atoms in total. The molecule has 0 spiro atoms. The summed E-state index contributed by atoms with van der Waals surface area (Å²) in [6, 6.07) is -1.67. The Morgan fingerprint density at radius 1 is 1.45 bits per heavy atom. The van der Waals surface area contributed by atoms with Crippen molar-refractivity contribution >= 4 is 17.9 Å². The number of H-pyrrole nitrogens is 1. The second kappa shape index (κ2) is 7.77. The Bertz CT molecular complexity index is 459. The summed E-state index contributed by atoms with van der Waals surface area (Å²) in [4.78, 5) is 39.6. The summed E-state index contributed by atoms with van der Waals surface area (Å²) in [6.07, 6.45) is 3.59. The molecule has 110 valence electrons. The number of carbonyl (C=O) groups is 3. The maximum absolute atomic E-state index is 11.5. The summed E-state index contributed by atoms with van der Waals surface area (Å²) >= 11 is 0. The van der Waals surface area contributed by atoms with E-state index in [4.69, 9.17) is 10.8 Å². The number of carboxylic acids is 1. The van der Waals surface area contributed by atoms with E-state index in [-0.39, 0.29) is 19.4 Å². The molecule has 1 heterocycles. The number of imidazole rings is 1. The highest BCUT2D eigenvalue weighted by Crippen LogP contribution is 1.98. The van der Waals surface area contributed by atoms with Crippen LogP contribution in [0.4, 0.5) is 4.79 Å². The highest BCUT2D eigenvalue weighted by atomic mass is 16.4. The molecule has 0 bridgehead atoms. The standard InChI is InChI=1S/C11H17N5O4/c12-9(17)2-1-3-14-11(20)16-8(10(18)19)4-7-5-13-6-15-7/h5-6,8H,1-4H2,(H2,12,17)(H,13,15)(H,18,19)(H2,14,16,20)/t8-/m1/s1. The monoisotopic (exact) mass is 283 g/mol. The predicted molar refractivity (Wildman–Crippen MR) is 68.7 cm³/mol. The number of primary amides is 1. The zero-order valence-corrected chi connectivity index (χ0v) is 10.8. The van der Waals surface area contributed by atoms with Gasteiger partial charge in [-0.2, -0.15) is 0 Å². The molecule has 1 aromatic rings. The van der Waals surface area contributed by atoms with Crippen LogP contribution in [0.5, 0.6) is 0 Å². The molecule has 0 aliphatic heterocycles. The SMILES string of the molecule is NC(=O)CCCNC(=O)N[C@H](Cc1cnc[nH]1)C(=O)O. The third-order valence-corrected chi connectivity index (χ3v) is 2.47. The molecular formula is C11H17N5O4. The molecule has 1 aromatic heterocycles. The highest BCUT2D eigenvalue weighted by molar-refractivity contribution is 5.82. The van der Waals surface area contributed by atoms with Crippen LogP contribution in [0, 0.1) is 0 Å². The Kier molecular flexibility index (Phi) is 6.01. The van der Waals surface area contributed by atoms with E-state index in [1.807, 2.05) is 0 Å². The zero-order valence-electron chi connectivity index (χ0n) is 10.8. The number of nitrogens with zero attached hydrogens (tertiary/aromatic N) is 1. The lowest BCUT2D eigenvalue weighted by atomic mass is 10.2. The van der Waals surface area contributed by atoms with Gasteiger partial charge < -0.3 is 26.5 Å². The number of urea groups is 1. The minimum absolute atomic E-state index is 0.101. The molecule has 1 atom stereocenters. The number of rotatable bonds is 8. The van der Waals surface area contributed by atoms with Gasteiger partial charge in [0.25, 0.3) is 0 Å². The number of carboxylic acid groups (broad SMARTS) is 1. The molecule has 0 unspecified atom stereocenters. The maximum atomic E-state index is 11.5. The molecular weight excluding hydrogens is 266 g/mol. The first-order chi connectivity index (χ1) is 9.49. The minimum Gasteiger partial charge on any atom is -0.480 e. The first-order valence-corrected chi connectivity index (χ1v) is 6.01. The fourth-order valence-corrected chi connectivity index (χ4v) is 1.49. The second-order valence-corrected chi connectivity index (χ2v) is 4.14. The van der Waals surface area contributed by atoms with E-state index in [1.165, 1.54) is 12.5 Å². The van der Waals surface area contributed by atoms with E-state index in [1.54, 1.807) is 0 Å². The smallest absolute Gasteiger partial charge is 0.326 e. The lowest BCUT2D eigenvalue weighted by molar-refractivity contribution is -0.139. The number of aromatic nitrogens is 2. The van der Waals surface area contributed by atoms with Gasteiger partial charge in [-0.25, -0.2) is 14.6 Å². The summed E-state index contributed by atoms with van der Waals surface area (Å²) in [6.45, 7) is 0.241. The summed E-state index contributed by atoms with van der Waals surface area (Å²) < 4.78 is 0. The molecule has 0 aromatic carbocycles. The molecule has 0 radical (unpaired) electrons. The van der Waals surface area contributed by atoms with Crippen LogP contribution in [0.25, 0.3) is 0 Å². The van der Waals surface area contributed by atoms with Crippen molar-refractivity contribution in [1.82, 2.24) is 20.6 Å². The van der Waals surface area contributed by atoms with Crippen LogP contribution < -0.4 is 16.4 Å². The van der Waals surface area contributed by atoms with Gasteiger partial charge >= 0.3 is 12.0 Å². The number of nitrogens with one attached hydrogen (secondary N) is 3. The number of hydrogen-bond acceptors (Lipinski definition) is 4. The number of aromatic amines is 1. The van der Waals surface area contributed by atoms with Crippen molar-refractivity contribution in [2.24, 2.45) is 5.73 Å². The number of carbonyl (C=O) groups excluding carboxylic acids is 2. The highest BCUT2D eigenvalue weighted by Gasteiger charge is 2.20. The Morgan fingerprint density at radius 3 is 2.75 bits per heavy atom. The van der Waals surface area contributed by atoms with Crippen molar-refractivity contribution in [3.05, 3.63) is 18.2 Å². The Balaban J connectivity index is 2.35. The zero-order chi connectivity index (χ0) is 15.0. The third kappa shape index (κ3) is 5.85. The lowest BCUT2D eigenvalue weighted by Crippen LogP contribution is -2.47. The quantitative estimate of drug-likeness (QED) is 0.386. The molecule has 0 saturated carbocycles. The van der Waals surface area contributed by atoms with Gasteiger partial charge in [0, 0.05) is 31.3 Å². The van der Waals surface area contributed by atoms with Gasteiger partial charge in [-0.3, -0.25) is 4.79 Å². The Morgan fingerprint density at radius 2 is 2.20 bits per heavy atom. The number of hydrogen-bond donors (Lipinski definition) is 5. The average molecular weight is 283 g/mol. The van der Waals surface area contributed by atoms with Crippen LogP contribution >= 0.6 is 0 Å². The summed E-state index contributed by atoms with van der Waals surface area (Å²) in [7, 11) is 0. The van der Waals surface area contributed by atoms with E-state index < -0.39 is 23.9 Å². The predicted octanol–water partition coefficient (Wildman–Crippen LogP) is -1.03. The van der Waals surface area contributed by atoms with Gasteiger partial charge in [-0.05, 0) is 6.42 Å². The van der Waals surface area contributed by atoms with Crippen molar-refractivity contribution in [2.45, 2.75) is 25.3 Å². The van der Waals surface area contributed by atoms with E-state index in [0.29, 0.717) is 12.1 Å². The summed E-state index contributed by atoms with van der Waals surface area (Å²) in [5.41, 5.74) is 5.55. The fraction of sp³-hybridized carbons (Fsp3) is 0.455. The van der Waals surface area contributed by atoms with Crippen LogP contribution in [0.2, 0.25) is 0 Å². The summed E-state index contributed by atoms with van der Waals surface area (Å²) in [5, 5.41) is 13.8. The molecule has 0 aliphatic carbocycles. The van der Waals surface area contributed by atoms with Crippen molar-refractivity contribution < 1.29 is 19.5 Å². The normalized spacial score (nSPS) is 11.6. The van der Waals surface area contributed by atoms with E-state index in [9.17, 15) is 14.4 Å². The topological polar surface area (TPSA) is 150 Å². The molecule has 0 saturated heterocycles. The van der Waals surface area contributed by atoms with Crippen LogP contribution in [0.1, 0.15) is 18.5 Å². The van der Waals surface area contributed by atoms with Crippen LogP contribution in [0.15, 0.2) is 12.5 Å². The number of aliphatic carboxylic acids is 1. The largest absolute Gasteiger partial charge is 0.480 e. The summed E-state index contributed by atoms with van der Waals surface area (Å²) in [5.74, 6) is -1.60. The van der Waals surface area contributed by atoms with Gasteiger partial charge in [0.15, 0.2) is 0 Å². The Hall–Kier alpha value is -2.58. The van der Waals surface area contributed by atoms with E-state index in [0.717, 1.165) is 0 Å². The molecule has 1 rings (SSSR count). The minimum atomic E-state index is -1.15. The van der Waals surface area contributed by atoms with Gasteiger partial charge in [0.05, 0.1) is 6.33 Å². The number of amides is 3. The van der Waals surface area contributed by atoms with Crippen molar-refractivity contribution in [1.29, 1.82) is 0 Å². The molecule has 20 heavy (non-hydrogen) atoms. The maximum Gasteiger partial charge on any atom is 0.326 e. The van der Waals surface area contributed by atoms with Gasteiger partial charge in [-0.1, -0.05) is 0 Å².